The molecule has 2 rings (SSSR count). The molecule has 0 saturated carbocycles. The van der Waals surface area contributed by atoms with Gasteiger partial charge in [-0.3, -0.25) is 4.90 Å². The lowest BCUT2D eigenvalue weighted by atomic mass is 9.99. The summed E-state index contributed by atoms with van der Waals surface area (Å²) < 4.78 is 10.7. The van der Waals surface area contributed by atoms with E-state index in [2.05, 4.69) is 17.9 Å². The van der Waals surface area contributed by atoms with Crippen molar-refractivity contribution in [3.63, 3.8) is 0 Å². The highest BCUT2D eigenvalue weighted by Crippen LogP contribution is 2.27. The Balaban J connectivity index is 2.08. The lowest BCUT2D eigenvalue weighted by Crippen LogP contribution is -2.33. The van der Waals surface area contributed by atoms with Crippen molar-refractivity contribution in [1.82, 2.24) is 4.90 Å². The van der Waals surface area contributed by atoms with Gasteiger partial charge in [-0.1, -0.05) is 13.0 Å². The van der Waals surface area contributed by atoms with Crippen molar-refractivity contribution in [1.29, 1.82) is 0 Å². The largest absolute Gasteiger partial charge is 0.497 e. The van der Waals surface area contributed by atoms with Crippen LogP contribution >= 0.6 is 0 Å². The zero-order valence-corrected chi connectivity index (χ0v) is 11.6. The normalized spacial score (nSPS) is 20.7. The summed E-state index contributed by atoms with van der Waals surface area (Å²) in [6.45, 7) is 5.68. The second-order valence-electron chi connectivity index (χ2n) is 5.16. The zero-order valence-electron chi connectivity index (χ0n) is 11.6. The number of methoxy groups -OCH3 is 2. The van der Waals surface area contributed by atoms with Crippen LogP contribution in [0.2, 0.25) is 0 Å². The van der Waals surface area contributed by atoms with Gasteiger partial charge in [0.2, 0.25) is 0 Å². The van der Waals surface area contributed by atoms with Crippen LogP contribution in [0.5, 0.6) is 11.5 Å². The first-order valence-corrected chi connectivity index (χ1v) is 6.66. The summed E-state index contributed by atoms with van der Waals surface area (Å²) in [6.07, 6.45) is 2.66. The van der Waals surface area contributed by atoms with Gasteiger partial charge >= 0.3 is 0 Å². The van der Waals surface area contributed by atoms with Crippen LogP contribution in [0, 0.1) is 5.92 Å². The second kappa shape index (κ2) is 6.10. The molecule has 1 aromatic rings. The molecule has 100 valence electrons. The minimum absolute atomic E-state index is 0.808. The van der Waals surface area contributed by atoms with Crippen molar-refractivity contribution >= 4 is 0 Å². The van der Waals surface area contributed by atoms with Crippen molar-refractivity contribution in [2.24, 2.45) is 5.92 Å². The van der Waals surface area contributed by atoms with Crippen LogP contribution < -0.4 is 9.47 Å². The molecule has 1 fully saturated rings. The third kappa shape index (κ3) is 3.16. The van der Waals surface area contributed by atoms with Gasteiger partial charge in [0, 0.05) is 24.7 Å². The van der Waals surface area contributed by atoms with Crippen molar-refractivity contribution in [3.05, 3.63) is 23.8 Å². The van der Waals surface area contributed by atoms with Crippen LogP contribution in [0.15, 0.2) is 18.2 Å². The summed E-state index contributed by atoms with van der Waals surface area (Å²) in [5.41, 5.74) is 1.24. The van der Waals surface area contributed by atoms with E-state index in [9.17, 15) is 0 Å². The van der Waals surface area contributed by atoms with E-state index in [0.717, 1.165) is 24.0 Å². The first-order valence-electron chi connectivity index (χ1n) is 6.66. The molecule has 3 heteroatoms. The molecule has 0 N–H and O–H groups in total. The van der Waals surface area contributed by atoms with E-state index in [0.29, 0.717) is 0 Å². The maximum atomic E-state index is 5.45. The number of benzene rings is 1. The highest BCUT2D eigenvalue weighted by molar-refractivity contribution is 5.40. The van der Waals surface area contributed by atoms with Gasteiger partial charge in [-0.05, 0) is 31.4 Å². The highest BCUT2D eigenvalue weighted by atomic mass is 16.5. The van der Waals surface area contributed by atoms with E-state index < -0.39 is 0 Å². The summed E-state index contributed by atoms with van der Waals surface area (Å²) in [6, 6.07) is 6.07. The van der Waals surface area contributed by atoms with E-state index in [1.54, 1.807) is 14.2 Å². The first-order chi connectivity index (χ1) is 8.72. The molecule has 0 aromatic heterocycles. The van der Waals surface area contributed by atoms with Gasteiger partial charge in [0.05, 0.1) is 14.2 Å². The Bertz CT molecular complexity index is 392. The maximum Gasteiger partial charge on any atom is 0.127 e. The fourth-order valence-electron chi connectivity index (χ4n) is 2.65. The van der Waals surface area contributed by atoms with Gasteiger partial charge in [0.25, 0.3) is 0 Å². The molecule has 1 heterocycles. The minimum atomic E-state index is 0.808. The number of piperidine rings is 1. The van der Waals surface area contributed by atoms with E-state index in [4.69, 9.17) is 9.47 Å². The summed E-state index contributed by atoms with van der Waals surface area (Å²) >= 11 is 0. The number of nitrogens with zero attached hydrogens (tertiary/aromatic N) is 1. The Morgan fingerprint density at radius 2 is 2.11 bits per heavy atom. The predicted octanol–water partition coefficient (Wildman–Crippen LogP) is 2.94. The Kier molecular flexibility index (Phi) is 4.48. The Labute approximate surface area is 110 Å². The topological polar surface area (TPSA) is 21.7 Å². The average Bonchev–Trinajstić information content (AvgIpc) is 2.39. The predicted molar refractivity (Wildman–Crippen MR) is 73.2 cm³/mol. The molecule has 0 radical (unpaired) electrons. The molecule has 1 aliphatic heterocycles. The smallest absolute Gasteiger partial charge is 0.127 e. The summed E-state index contributed by atoms with van der Waals surface area (Å²) in [4.78, 5) is 2.51. The number of hydrogen-bond donors (Lipinski definition) is 0. The fourth-order valence-corrected chi connectivity index (χ4v) is 2.65. The number of hydrogen-bond acceptors (Lipinski definition) is 3. The summed E-state index contributed by atoms with van der Waals surface area (Å²) in [5, 5.41) is 0. The molecule has 1 aromatic carbocycles. The maximum absolute atomic E-state index is 5.45. The molecule has 1 saturated heterocycles. The molecular formula is C15H23NO2. The Morgan fingerprint density at radius 3 is 2.78 bits per heavy atom. The lowest BCUT2D eigenvalue weighted by molar-refractivity contribution is 0.175. The number of likely N-dealkylation sites (tertiary alicyclic amines) is 1. The van der Waals surface area contributed by atoms with Gasteiger partial charge in [0.15, 0.2) is 0 Å². The molecule has 0 amide bonds. The quantitative estimate of drug-likeness (QED) is 0.819. The van der Waals surface area contributed by atoms with Crippen molar-refractivity contribution in [2.75, 3.05) is 27.3 Å². The molecule has 0 spiro atoms. The molecule has 0 bridgehead atoms. The molecule has 0 aliphatic carbocycles. The van der Waals surface area contributed by atoms with Crippen LogP contribution in [-0.4, -0.2) is 32.2 Å². The van der Waals surface area contributed by atoms with Crippen molar-refractivity contribution < 1.29 is 9.47 Å². The van der Waals surface area contributed by atoms with Crippen LogP contribution in [0.1, 0.15) is 25.3 Å². The van der Waals surface area contributed by atoms with E-state index in [-0.39, 0.29) is 0 Å². The Hall–Kier alpha value is -1.22. The molecular weight excluding hydrogens is 226 g/mol. The summed E-state index contributed by atoms with van der Waals surface area (Å²) in [5.74, 6) is 2.58. The van der Waals surface area contributed by atoms with Crippen molar-refractivity contribution in [2.45, 2.75) is 26.3 Å². The van der Waals surface area contributed by atoms with Gasteiger partial charge in [-0.25, -0.2) is 0 Å². The number of rotatable bonds is 4. The monoisotopic (exact) mass is 249 g/mol. The van der Waals surface area contributed by atoms with Gasteiger partial charge < -0.3 is 9.47 Å². The second-order valence-corrected chi connectivity index (χ2v) is 5.16. The van der Waals surface area contributed by atoms with E-state index >= 15 is 0 Å². The van der Waals surface area contributed by atoms with Crippen LogP contribution in [0.3, 0.4) is 0 Å². The van der Waals surface area contributed by atoms with Crippen LogP contribution in [-0.2, 0) is 6.54 Å². The van der Waals surface area contributed by atoms with Gasteiger partial charge in [-0.2, -0.15) is 0 Å². The highest BCUT2D eigenvalue weighted by Gasteiger charge is 2.17. The third-order valence-electron chi connectivity index (χ3n) is 3.63. The van der Waals surface area contributed by atoms with Crippen LogP contribution in [0.4, 0.5) is 0 Å². The van der Waals surface area contributed by atoms with Crippen LogP contribution in [0.25, 0.3) is 0 Å². The van der Waals surface area contributed by atoms with Gasteiger partial charge in [-0.15, -0.1) is 0 Å². The Morgan fingerprint density at radius 1 is 1.28 bits per heavy atom. The molecule has 1 aliphatic rings. The standard InChI is InChI=1S/C15H23NO2/c1-12-5-4-8-16(10-12)11-13-6-7-14(17-2)9-15(13)18-3/h6-7,9,12H,4-5,8,10-11H2,1-3H3/t12-/m1/s1. The van der Waals surface area contributed by atoms with Gasteiger partial charge in [0.1, 0.15) is 11.5 Å². The fraction of sp³-hybridized carbons (Fsp3) is 0.600. The third-order valence-corrected chi connectivity index (χ3v) is 3.63. The minimum Gasteiger partial charge on any atom is -0.497 e. The van der Waals surface area contributed by atoms with E-state index in [1.807, 2.05) is 12.1 Å². The lowest BCUT2D eigenvalue weighted by Gasteiger charge is -2.31. The molecule has 1 atom stereocenters. The SMILES string of the molecule is COc1ccc(CN2CCC[C@@H](C)C2)c(OC)c1. The first kappa shape index (κ1) is 13.2. The molecule has 0 unspecified atom stereocenters. The number of ether oxygens (including phenoxy) is 2. The van der Waals surface area contributed by atoms with E-state index in [1.165, 1.54) is 31.5 Å². The zero-order chi connectivity index (χ0) is 13.0. The summed E-state index contributed by atoms with van der Waals surface area (Å²) in [7, 11) is 3.40. The molecule has 18 heavy (non-hydrogen) atoms. The molecule has 3 nitrogen and oxygen atoms in total. The average molecular weight is 249 g/mol. The van der Waals surface area contributed by atoms with Crippen molar-refractivity contribution in [3.8, 4) is 11.5 Å².